The average Bonchev–Trinajstić information content (AvgIpc) is 2.74. The van der Waals surface area contributed by atoms with Crippen LogP contribution in [-0.2, 0) is 4.79 Å². The van der Waals surface area contributed by atoms with Crippen LogP contribution in [0.15, 0.2) is 24.3 Å². The molecule has 1 aliphatic rings. The van der Waals surface area contributed by atoms with Crippen molar-refractivity contribution < 1.29 is 9.90 Å². The maximum Gasteiger partial charge on any atom is 0.230 e. The molecule has 2 unspecified atom stereocenters. The minimum Gasteiger partial charge on any atom is -0.508 e. The van der Waals surface area contributed by atoms with Crippen molar-refractivity contribution in [3.8, 4) is 5.75 Å². The molecule has 3 nitrogen and oxygen atoms in total. The molecule has 1 fully saturated rings. The summed E-state index contributed by atoms with van der Waals surface area (Å²) in [5, 5.41) is 9.23. The SMILES string of the molecule is CC1CCCC1C(=O)N(C)c1ccc(O)cc1. The van der Waals surface area contributed by atoms with Crippen LogP contribution in [0.2, 0.25) is 0 Å². The second kappa shape index (κ2) is 4.78. The van der Waals surface area contributed by atoms with Crippen molar-refractivity contribution in [3.05, 3.63) is 24.3 Å². The predicted octanol–water partition coefficient (Wildman–Crippen LogP) is 2.79. The lowest BCUT2D eigenvalue weighted by molar-refractivity contribution is -0.122. The van der Waals surface area contributed by atoms with Gasteiger partial charge in [0.2, 0.25) is 5.91 Å². The van der Waals surface area contributed by atoms with Crippen LogP contribution in [0, 0.1) is 11.8 Å². The van der Waals surface area contributed by atoms with Gasteiger partial charge in [0.25, 0.3) is 0 Å². The minimum atomic E-state index is 0.161. The average molecular weight is 233 g/mol. The van der Waals surface area contributed by atoms with Gasteiger partial charge in [0.1, 0.15) is 5.75 Å². The van der Waals surface area contributed by atoms with Crippen LogP contribution in [-0.4, -0.2) is 18.1 Å². The standard InChI is InChI=1S/C14H19NO2/c1-10-4-3-5-13(10)14(17)15(2)11-6-8-12(16)9-7-11/h6-10,13,16H,3-5H2,1-2H3. The zero-order valence-corrected chi connectivity index (χ0v) is 10.4. The number of aromatic hydroxyl groups is 1. The summed E-state index contributed by atoms with van der Waals surface area (Å²) in [7, 11) is 1.81. The van der Waals surface area contributed by atoms with Crippen molar-refractivity contribution in [2.45, 2.75) is 26.2 Å². The molecule has 0 bridgehead atoms. The molecule has 92 valence electrons. The Hall–Kier alpha value is -1.51. The van der Waals surface area contributed by atoms with Gasteiger partial charge in [0, 0.05) is 18.7 Å². The predicted molar refractivity (Wildman–Crippen MR) is 68.0 cm³/mol. The molecule has 17 heavy (non-hydrogen) atoms. The lowest BCUT2D eigenvalue weighted by Crippen LogP contribution is -2.33. The van der Waals surface area contributed by atoms with Crippen molar-refractivity contribution in [2.75, 3.05) is 11.9 Å². The number of benzene rings is 1. The molecule has 1 aromatic rings. The van der Waals surface area contributed by atoms with Crippen molar-refractivity contribution in [1.82, 2.24) is 0 Å². The van der Waals surface area contributed by atoms with Gasteiger partial charge >= 0.3 is 0 Å². The summed E-state index contributed by atoms with van der Waals surface area (Å²) in [6, 6.07) is 6.76. The van der Waals surface area contributed by atoms with Crippen molar-refractivity contribution in [2.24, 2.45) is 11.8 Å². The summed E-state index contributed by atoms with van der Waals surface area (Å²) in [6.45, 7) is 2.15. The van der Waals surface area contributed by atoms with Gasteiger partial charge in [0.05, 0.1) is 0 Å². The zero-order chi connectivity index (χ0) is 12.4. The van der Waals surface area contributed by atoms with E-state index >= 15 is 0 Å². The molecule has 0 aliphatic heterocycles. The molecule has 1 amide bonds. The number of phenols is 1. The Morgan fingerprint density at radius 2 is 1.94 bits per heavy atom. The van der Waals surface area contributed by atoms with Gasteiger partial charge in [-0.15, -0.1) is 0 Å². The van der Waals surface area contributed by atoms with E-state index in [1.807, 2.05) is 0 Å². The maximum absolute atomic E-state index is 12.3. The molecule has 2 rings (SSSR count). The summed E-state index contributed by atoms with van der Waals surface area (Å²) >= 11 is 0. The quantitative estimate of drug-likeness (QED) is 0.853. The molecule has 0 radical (unpaired) electrons. The van der Waals surface area contributed by atoms with E-state index in [9.17, 15) is 9.90 Å². The molecule has 1 aliphatic carbocycles. The van der Waals surface area contributed by atoms with Gasteiger partial charge in [-0.05, 0) is 43.0 Å². The highest BCUT2D eigenvalue weighted by Gasteiger charge is 2.31. The summed E-state index contributed by atoms with van der Waals surface area (Å²) in [5.41, 5.74) is 0.840. The van der Waals surface area contributed by atoms with Crippen LogP contribution in [0.4, 0.5) is 5.69 Å². The van der Waals surface area contributed by atoms with Crippen LogP contribution in [0.1, 0.15) is 26.2 Å². The van der Waals surface area contributed by atoms with E-state index in [1.54, 1.807) is 36.2 Å². The van der Waals surface area contributed by atoms with Crippen LogP contribution in [0.5, 0.6) is 5.75 Å². The molecular formula is C14H19NO2. The van der Waals surface area contributed by atoms with E-state index in [0.29, 0.717) is 5.92 Å². The Morgan fingerprint density at radius 1 is 1.29 bits per heavy atom. The Morgan fingerprint density at radius 3 is 2.47 bits per heavy atom. The smallest absolute Gasteiger partial charge is 0.230 e. The second-order valence-electron chi connectivity index (χ2n) is 4.93. The summed E-state index contributed by atoms with van der Waals surface area (Å²) < 4.78 is 0. The molecule has 0 aromatic heterocycles. The van der Waals surface area contributed by atoms with Gasteiger partial charge in [-0.2, -0.15) is 0 Å². The van der Waals surface area contributed by atoms with Crippen LogP contribution < -0.4 is 4.90 Å². The summed E-state index contributed by atoms with van der Waals surface area (Å²) in [6.07, 6.45) is 3.31. The van der Waals surface area contributed by atoms with Gasteiger partial charge in [-0.25, -0.2) is 0 Å². The molecule has 1 N–H and O–H groups in total. The number of carbonyl (C=O) groups excluding carboxylic acids is 1. The molecule has 1 aromatic carbocycles. The fraction of sp³-hybridized carbons (Fsp3) is 0.500. The lowest BCUT2D eigenvalue weighted by Gasteiger charge is -2.23. The van der Waals surface area contributed by atoms with Gasteiger partial charge < -0.3 is 10.0 Å². The van der Waals surface area contributed by atoms with E-state index in [1.165, 1.54) is 0 Å². The number of phenolic OH excluding ortho intramolecular Hbond substituents is 1. The second-order valence-corrected chi connectivity index (χ2v) is 4.93. The molecule has 1 saturated carbocycles. The fourth-order valence-electron chi connectivity index (χ4n) is 2.56. The van der Waals surface area contributed by atoms with Gasteiger partial charge in [-0.1, -0.05) is 13.3 Å². The van der Waals surface area contributed by atoms with E-state index in [0.717, 1.165) is 24.9 Å². The largest absolute Gasteiger partial charge is 0.508 e. The molecule has 2 atom stereocenters. The first kappa shape index (κ1) is 12.0. The molecule has 0 heterocycles. The van der Waals surface area contributed by atoms with Crippen molar-refractivity contribution in [3.63, 3.8) is 0 Å². The highest BCUT2D eigenvalue weighted by Crippen LogP contribution is 2.33. The number of hydrogen-bond acceptors (Lipinski definition) is 2. The number of hydrogen-bond donors (Lipinski definition) is 1. The zero-order valence-electron chi connectivity index (χ0n) is 10.4. The molecule has 3 heteroatoms. The first-order valence-electron chi connectivity index (χ1n) is 6.16. The highest BCUT2D eigenvalue weighted by atomic mass is 16.3. The third kappa shape index (κ3) is 2.43. The Labute approximate surface area is 102 Å². The Balaban J connectivity index is 2.11. The van der Waals surface area contributed by atoms with Crippen molar-refractivity contribution >= 4 is 11.6 Å². The van der Waals surface area contributed by atoms with E-state index in [2.05, 4.69) is 6.92 Å². The Kier molecular flexibility index (Phi) is 3.36. The monoisotopic (exact) mass is 233 g/mol. The minimum absolute atomic E-state index is 0.161. The van der Waals surface area contributed by atoms with Crippen molar-refractivity contribution in [1.29, 1.82) is 0 Å². The lowest BCUT2D eigenvalue weighted by atomic mass is 9.96. The molecule has 0 saturated heterocycles. The first-order valence-corrected chi connectivity index (χ1v) is 6.16. The fourth-order valence-corrected chi connectivity index (χ4v) is 2.56. The highest BCUT2D eigenvalue weighted by molar-refractivity contribution is 5.94. The number of rotatable bonds is 2. The topological polar surface area (TPSA) is 40.5 Å². The third-order valence-electron chi connectivity index (χ3n) is 3.75. The number of amides is 1. The van der Waals surface area contributed by atoms with Crippen LogP contribution >= 0.6 is 0 Å². The van der Waals surface area contributed by atoms with Crippen LogP contribution in [0.25, 0.3) is 0 Å². The van der Waals surface area contributed by atoms with Gasteiger partial charge in [-0.3, -0.25) is 4.79 Å². The summed E-state index contributed by atoms with van der Waals surface area (Å²) in [4.78, 5) is 14.0. The van der Waals surface area contributed by atoms with E-state index < -0.39 is 0 Å². The number of carbonyl (C=O) groups is 1. The third-order valence-corrected chi connectivity index (χ3v) is 3.75. The maximum atomic E-state index is 12.3. The first-order chi connectivity index (χ1) is 8.09. The number of nitrogens with zero attached hydrogens (tertiary/aromatic N) is 1. The molecule has 0 spiro atoms. The summed E-state index contributed by atoms with van der Waals surface area (Å²) in [5.74, 6) is 1.07. The number of anilines is 1. The normalized spacial score (nSPS) is 23.6. The van der Waals surface area contributed by atoms with Gasteiger partial charge in [0.15, 0.2) is 0 Å². The van der Waals surface area contributed by atoms with Crippen LogP contribution in [0.3, 0.4) is 0 Å². The molecular weight excluding hydrogens is 214 g/mol. The van der Waals surface area contributed by atoms with E-state index in [4.69, 9.17) is 0 Å². The Bertz CT molecular complexity index is 399. The van der Waals surface area contributed by atoms with E-state index in [-0.39, 0.29) is 17.6 Å².